The fraction of sp³-hybridized carbons (Fsp3) is 1.00. The first-order valence-electron chi connectivity index (χ1n) is 7.08. The van der Waals surface area contributed by atoms with Gasteiger partial charge in [0.2, 0.25) is 0 Å². The molecular weight excluding hydrogens is 216 g/mol. The average molecular weight is 240 g/mol. The number of aliphatic hydroxyl groups is 2. The van der Waals surface area contributed by atoms with Crippen molar-refractivity contribution in [3.63, 3.8) is 0 Å². The molecule has 0 amide bonds. The number of likely N-dealkylation sites (tertiary alicyclic amines) is 1. The lowest BCUT2D eigenvalue weighted by Gasteiger charge is -2.55. The summed E-state index contributed by atoms with van der Waals surface area (Å²) < 4.78 is 0. The van der Waals surface area contributed by atoms with Crippen molar-refractivity contribution in [2.75, 3.05) is 32.7 Å². The van der Waals surface area contributed by atoms with Crippen molar-refractivity contribution in [2.24, 2.45) is 5.92 Å². The minimum Gasteiger partial charge on any atom is -0.388 e. The molecule has 4 rings (SSSR count). The van der Waals surface area contributed by atoms with Crippen LogP contribution < -0.4 is 0 Å². The molecular formula is C13H24N2O2. The standard InChI is InChI=1S/C13H24N2O2/c16-12-11-4-8-15(9-5-11)13(12,17)10-14-6-2-1-3-7-14/h11-12,16-17H,1-10H2/t12-,13-/m0/s1. The molecule has 0 aromatic rings. The fourth-order valence-corrected chi connectivity index (χ4v) is 3.81. The molecule has 2 N–H and O–H groups in total. The zero-order valence-electron chi connectivity index (χ0n) is 10.5. The lowest BCUT2D eigenvalue weighted by molar-refractivity contribution is -0.250. The summed E-state index contributed by atoms with van der Waals surface area (Å²) in [6, 6.07) is 0. The highest BCUT2D eigenvalue weighted by Gasteiger charge is 2.52. The molecule has 4 aliphatic heterocycles. The molecule has 4 fully saturated rings. The minimum absolute atomic E-state index is 0.315. The van der Waals surface area contributed by atoms with Gasteiger partial charge in [-0.1, -0.05) is 6.42 Å². The van der Waals surface area contributed by atoms with Gasteiger partial charge in [-0.05, 0) is 44.7 Å². The normalized spacial score (nSPS) is 47.3. The van der Waals surface area contributed by atoms with Crippen molar-refractivity contribution in [1.29, 1.82) is 0 Å². The van der Waals surface area contributed by atoms with Crippen LogP contribution in [0.4, 0.5) is 0 Å². The Hall–Kier alpha value is -0.160. The van der Waals surface area contributed by atoms with E-state index < -0.39 is 11.8 Å². The average Bonchev–Trinajstić information content (AvgIpc) is 2.37. The Balaban J connectivity index is 1.70. The lowest BCUT2D eigenvalue weighted by atomic mass is 9.78. The number of β-amino-alcohol motifs (C(OH)–C–C–N with tert-alkyl or cyclic N) is 1. The Labute approximate surface area is 103 Å². The van der Waals surface area contributed by atoms with Crippen LogP contribution in [-0.2, 0) is 0 Å². The van der Waals surface area contributed by atoms with Crippen LogP contribution in [0.1, 0.15) is 32.1 Å². The molecule has 0 radical (unpaired) electrons. The zero-order valence-corrected chi connectivity index (χ0v) is 10.5. The summed E-state index contributed by atoms with van der Waals surface area (Å²) in [7, 11) is 0. The molecule has 4 heteroatoms. The Kier molecular flexibility index (Phi) is 3.15. The zero-order chi connectivity index (χ0) is 11.9. The fourth-order valence-electron chi connectivity index (χ4n) is 3.81. The van der Waals surface area contributed by atoms with Gasteiger partial charge in [0, 0.05) is 19.6 Å². The molecule has 98 valence electrons. The summed E-state index contributed by atoms with van der Waals surface area (Å²) >= 11 is 0. The second-order valence-electron chi connectivity index (χ2n) is 5.98. The largest absolute Gasteiger partial charge is 0.388 e. The van der Waals surface area contributed by atoms with Crippen LogP contribution in [0.3, 0.4) is 0 Å². The number of hydrogen-bond donors (Lipinski definition) is 2. The van der Waals surface area contributed by atoms with Crippen molar-refractivity contribution in [3.05, 3.63) is 0 Å². The van der Waals surface area contributed by atoms with Crippen molar-refractivity contribution >= 4 is 0 Å². The van der Waals surface area contributed by atoms with Crippen molar-refractivity contribution in [1.82, 2.24) is 9.80 Å². The third kappa shape index (κ3) is 2.01. The van der Waals surface area contributed by atoms with Gasteiger partial charge in [0.1, 0.15) is 6.10 Å². The first kappa shape index (κ1) is 11.9. The van der Waals surface area contributed by atoms with E-state index in [0.717, 1.165) is 39.0 Å². The lowest BCUT2D eigenvalue weighted by Crippen LogP contribution is -2.71. The molecule has 2 bridgehead atoms. The molecule has 0 aliphatic carbocycles. The summed E-state index contributed by atoms with van der Waals surface area (Å²) in [5.41, 5.74) is -0.974. The van der Waals surface area contributed by atoms with E-state index in [1.54, 1.807) is 0 Å². The van der Waals surface area contributed by atoms with Crippen LogP contribution in [0.5, 0.6) is 0 Å². The van der Waals surface area contributed by atoms with Crippen molar-refractivity contribution in [2.45, 2.75) is 43.9 Å². The van der Waals surface area contributed by atoms with Gasteiger partial charge in [-0.3, -0.25) is 9.80 Å². The van der Waals surface area contributed by atoms with E-state index in [2.05, 4.69) is 9.80 Å². The van der Waals surface area contributed by atoms with Gasteiger partial charge >= 0.3 is 0 Å². The molecule has 0 aromatic carbocycles. The molecule has 4 aliphatic rings. The molecule has 4 saturated heterocycles. The summed E-state index contributed by atoms with van der Waals surface area (Å²) in [6.07, 6.45) is 5.31. The van der Waals surface area contributed by atoms with E-state index in [9.17, 15) is 10.2 Å². The maximum atomic E-state index is 10.8. The van der Waals surface area contributed by atoms with Gasteiger partial charge < -0.3 is 10.2 Å². The highest BCUT2D eigenvalue weighted by molar-refractivity contribution is 5.01. The molecule has 17 heavy (non-hydrogen) atoms. The van der Waals surface area contributed by atoms with Crippen molar-refractivity contribution < 1.29 is 10.2 Å². The van der Waals surface area contributed by atoms with Gasteiger partial charge in [0.25, 0.3) is 0 Å². The van der Waals surface area contributed by atoms with Gasteiger partial charge in [-0.2, -0.15) is 0 Å². The minimum atomic E-state index is -0.974. The molecule has 2 atom stereocenters. The van der Waals surface area contributed by atoms with Crippen LogP contribution in [0.15, 0.2) is 0 Å². The first-order valence-corrected chi connectivity index (χ1v) is 7.08. The van der Waals surface area contributed by atoms with E-state index in [4.69, 9.17) is 0 Å². The van der Waals surface area contributed by atoms with E-state index in [-0.39, 0.29) is 0 Å². The molecule has 0 aromatic heterocycles. The Morgan fingerprint density at radius 1 is 1.00 bits per heavy atom. The van der Waals surface area contributed by atoms with E-state index in [1.165, 1.54) is 19.3 Å². The number of nitrogens with zero attached hydrogens (tertiary/aromatic N) is 2. The van der Waals surface area contributed by atoms with E-state index >= 15 is 0 Å². The summed E-state index contributed by atoms with van der Waals surface area (Å²) in [5, 5.41) is 21.1. The summed E-state index contributed by atoms with van der Waals surface area (Å²) in [6.45, 7) is 4.68. The molecule has 0 saturated carbocycles. The van der Waals surface area contributed by atoms with Gasteiger partial charge in [0.05, 0.1) is 0 Å². The number of hydrogen-bond acceptors (Lipinski definition) is 4. The number of rotatable bonds is 2. The Morgan fingerprint density at radius 2 is 1.65 bits per heavy atom. The number of piperidine rings is 4. The number of aliphatic hydroxyl groups excluding tert-OH is 1. The van der Waals surface area contributed by atoms with Crippen LogP contribution >= 0.6 is 0 Å². The maximum Gasteiger partial charge on any atom is 0.157 e. The first-order chi connectivity index (χ1) is 8.20. The smallest absolute Gasteiger partial charge is 0.157 e. The Bertz CT molecular complexity index is 269. The number of fused-ring (bicyclic) bond motifs is 3. The molecule has 0 unspecified atom stereocenters. The third-order valence-corrected chi connectivity index (χ3v) is 4.91. The highest BCUT2D eigenvalue weighted by Crippen LogP contribution is 2.38. The predicted octanol–water partition coefficient (Wildman–Crippen LogP) is 0.247. The van der Waals surface area contributed by atoms with Gasteiger partial charge in [0.15, 0.2) is 5.72 Å². The van der Waals surface area contributed by atoms with E-state index in [1.807, 2.05) is 0 Å². The second kappa shape index (κ2) is 4.50. The van der Waals surface area contributed by atoms with Crippen LogP contribution in [-0.4, -0.2) is 64.6 Å². The Morgan fingerprint density at radius 3 is 2.24 bits per heavy atom. The van der Waals surface area contributed by atoms with E-state index in [0.29, 0.717) is 12.5 Å². The maximum absolute atomic E-state index is 10.8. The van der Waals surface area contributed by atoms with Crippen LogP contribution in [0.25, 0.3) is 0 Å². The molecule has 4 heterocycles. The van der Waals surface area contributed by atoms with Crippen molar-refractivity contribution in [3.8, 4) is 0 Å². The highest BCUT2D eigenvalue weighted by atomic mass is 16.4. The van der Waals surface area contributed by atoms with Gasteiger partial charge in [-0.15, -0.1) is 0 Å². The summed E-state index contributed by atoms with van der Waals surface area (Å²) in [5.74, 6) is 0.315. The third-order valence-electron chi connectivity index (χ3n) is 4.91. The molecule has 0 spiro atoms. The van der Waals surface area contributed by atoms with Crippen LogP contribution in [0.2, 0.25) is 0 Å². The second-order valence-corrected chi connectivity index (χ2v) is 5.98. The quantitative estimate of drug-likeness (QED) is 0.726. The summed E-state index contributed by atoms with van der Waals surface area (Å²) in [4.78, 5) is 4.43. The van der Waals surface area contributed by atoms with Crippen LogP contribution in [0, 0.1) is 5.92 Å². The SMILES string of the molecule is O[C@H]1C2CCN(CC2)[C@]1(O)CN1CCCCC1. The monoisotopic (exact) mass is 240 g/mol. The topological polar surface area (TPSA) is 46.9 Å². The predicted molar refractivity (Wildman–Crippen MR) is 65.5 cm³/mol. The van der Waals surface area contributed by atoms with Gasteiger partial charge in [-0.25, -0.2) is 0 Å². The molecule has 4 nitrogen and oxygen atoms in total.